The van der Waals surface area contributed by atoms with Crippen LogP contribution in [0.1, 0.15) is 54.4 Å². The van der Waals surface area contributed by atoms with Crippen LogP contribution < -0.4 is 0 Å². The van der Waals surface area contributed by atoms with Gasteiger partial charge < -0.3 is 4.74 Å². The highest BCUT2D eigenvalue weighted by atomic mass is 16.5. The molecule has 18 heavy (non-hydrogen) atoms. The maximum Gasteiger partial charge on any atom is 0.356 e. The van der Waals surface area contributed by atoms with E-state index in [4.69, 9.17) is 4.74 Å². The average Bonchev–Trinajstić information content (AvgIpc) is 2.63. The van der Waals surface area contributed by atoms with Crippen molar-refractivity contribution in [3.63, 3.8) is 0 Å². The smallest absolute Gasteiger partial charge is 0.356 e. The van der Waals surface area contributed by atoms with E-state index < -0.39 is 0 Å². The van der Waals surface area contributed by atoms with E-state index in [1.165, 1.54) is 6.42 Å². The van der Waals surface area contributed by atoms with E-state index in [1.807, 2.05) is 6.92 Å². The van der Waals surface area contributed by atoms with Crippen LogP contribution in [0.25, 0.3) is 5.57 Å². The number of carbonyl (C=O) groups excluding carboxylic acids is 1. The van der Waals surface area contributed by atoms with Crippen molar-refractivity contribution >= 4 is 11.5 Å². The molecular weight excluding hydrogens is 228 g/mol. The molecule has 0 fully saturated rings. The standard InChI is InChI=1S/C14H20N2O2/c1-4-18-14(17)13-11-9-7-5-6-8-10(2)12(11)15-16(13)3/h2,4-9H2,1,3H3. The highest BCUT2D eigenvalue weighted by molar-refractivity contribution is 5.91. The van der Waals surface area contributed by atoms with Gasteiger partial charge in [0.1, 0.15) is 5.69 Å². The van der Waals surface area contributed by atoms with E-state index in [0.717, 1.165) is 42.5 Å². The van der Waals surface area contributed by atoms with Gasteiger partial charge in [-0.3, -0.25) is 4.68 Å². The third-order valence-electron chi connectivity index (χ3n) is 3.35. The minimum absolute atomic E-state index is 0.276. The summed E-state index contributed by atoms with van der Waals surface area (Å²) < 4.78 is 6.75. The molecule has 4 nitrogen and oxygen atoms in total. The summed E-state index contributed by atoms with van der Waals surface area (Å²) in [7, 11) is 1.80. The second-order valence-corrected chi connectivity index (χ2v) is 4.68. The molecule has 0 atom stereocenters. The molecule has 1 aliphatic carbocycles. The van der Waals surface area contributed by atoms with Gasteiger partial charge in [0.2, 0.25) is 0 Å². The number of fused-ring (bicyclic) bond motifs is 1. The van der Waals surface area contributed by atoms with Crippen LogP contribution in [-0.2, 0) is 18.2 Å². The monoisotopic (exact) mass is 248 g/mol. The minimum atomic E-state index is -0.276. The van der Waals surface area contributed by atoms with Gasteiger partial charge in [0.05, 0.1) is 12.3 Å². The van der Waals surface area contributed by atoms with Crippen molar-refractivity contribution in [1.82, 2.24) is 9.78 Å². The fraction of sp³-hybridized carbons (Fsp3) is 0.571. The highest BCUT2D eigenvalue weighted by Gasteiger charge is 2.24. The van der Waals surface area contributed by atoms with Gasteiger partial charge in [0.25, 0.3) is 0 Å². The summed E-state index contributed by atoms with van der Waals surface area (Å²) in [5.41, 5.74) is 3.55. The molecule has 0 radical (unpaired) electrons. The molecule has 0 aliphatic heterocycles. The van der Waals surface area contributed by atoms with Crippen molar-refractivity contribution in [2.24, 2.45) is 7.05 Å². The third-order valence-corrected chi connectivity index (χ3v) is 3.35. The second kappa shape index (κ2) is 5.38. The van der Waals surface area contributed by atoms with Gasteiger partial charge in [-0.1, -0.05) is 13.0 Å². The number of carbonyl (C=O) groups is 1. The lowest BCUT2D eigenvalue weighted by Gasteiger charge is -2.11. The first-order valence-electron chi connectivity index (χ1n) is 6.56. The predicted octanol–water partition coefficient (Wildman–Crippen LogP) is 2.73. The number of esters is 1. The number of allylic oxidation sites excluding steroid dienone is 1. The molecule has 0 saturated carbocycles. The van der Waals surface area contributed by atoms with E-state index in [-0.39, 0.29) is 5.97 Å². The van der Waals surface area contributed by atoms with Gasteiger partial charge in [-0.05, 0) is 38.2 Å². The zero-order valence-electron chi connectivity index (χ0n) is 11.2. The van der Waals surface area contributed by atoms with E-state index in [9.17, 15) is 4.79 Å². The zero-order valence-corrected chi connectivity index (χ0v) is 11.2. The van der Waals surface area contributed by atoms with Crippen molar-refractivity contribution in [3.05, 3.63) is 23.5 Å². The molecule has 1 aliphatic rings. The van der Waals surface area contributed by atoms with Gasteiger partial charge in [0.15, 0.2) is 0 Å². The first kappa shape index (κ1) is 12.9. The van der Waals surface area contributed by atoms with Gasteiger partial charge in [-0.25, -0.2) is 4.79 Å². The van der Waals surface area contributed by atoms with Crippen LogP contribution in [0.2, 0.25) is 0 Å². The summed E-state index contributed by atoms with van der Waals surface area (Å²) in [6.45, 7) is 6.29. The summed E-state index contributed by atoms with van der Waals surface area (Å²) in [5.74, 6) is -0.276. The Kier molecular flexibility index (Phi) is 3.84. The van der Waals surface area contributed by atoms with Gasteiger partial charge in [-0.15, -0.1) is 0 Å². The van der Waals surface area contributed by atoms with Crippen LogP contribution in [0, 0.1) is 0 Å². The van der Waals surface area contributed by atoms with Gasteiger partial charge >= 0.3 is 5.97 Å². The van der Waals surface area contributed by atoms with Crippen molar-refractivity contribution in [1.29, 1.82) is 0 Å². The Labute approximate surface area is 108 Å². The first-order valence-corrected chi connectivity index (χ1v) is 6.56. The molecule has 1 aromatic rings. The summed E-state index contributed by atoms with van der Waals surface area (Å²) >= 11 is 0. The number of nitrogens with zero attached hydrogens (tertiary/aromatic N) is 2. The topological polar surface area (TPSA) is 44.1 Å². The van der Waals surface area contributed by atoms with Gasteiger partial charge in [-0.2, -0.15) is 5.10 Å². The molecule has 0 spiro atoms. The Hall–Kier alpha value is -1.58. The molecule has 1 heterocycles. The number of ether oxygens (including phenoxy) is 1. The molecule has 0 unspecified atom stereocenters. The number of aryl methyl sites for hydroxylation is 1. The van der Waals surface area contributed by atoms with Crippen molar-refractivity contribution in [2.75, 3.05) is 6.61 Å². The number of hydrogen-bond donors (Lipinski definition) is 0. The molecule has 1 aromatic heterocycles. The van der Waals surface area contributed by atoms with Crippen LogP contribution in [0.4, 0.5) is 0 Å². The molecule has 2 rings (SSSR count). The van der Waals surface area contributed by atoms with E-state index in [1.54, 1.807) is 11.7 Å². The Bertz CT molecular complexity index is 474. The number of hydrogen-bond acceptors (Lipinski definition) is 3. The molecule has 0 saturated heterocycles. The number of rotatable bonds is 2. The normalized spacial score (nSPS) is 15.8. The summed E-state index contributed by atoms with van der Waals surface area (Å²) in [5, 5.41) is 4.45. The lowest BCUT2D eigenvalue weighted by atomic mass is 9.94. The Morgan fingerprint density at radius 1 is 1.39 bits per heavy atom. The van der Waals surface area contributed by atoms with Crippen molar-refractivity contribution < 1.29 is 9.53 Å². The predicted molar refractivity (Wildman–Crippen MR) is 70.4 cm³/mol. The van der Waals surface area contributed by atoms with E-state index >= 15 is 0 Å². The van der Waals surface area contributed by atoms with Crippen LogP contribution >= 0.6 is 0 Å². The van der Waals surface area contributed by atoms with Crippen molar-refractivity contribution in [2.45, 2.75) is 39.0 Å². The van der Waals surface area contributed by atoms with Crippen molar-refractivity contribution in [3.8, 4) is 0 Å². The molecule has 0 amide bonds. The molecule has 0 N–H and O–H groups in total. The summed E-state index contributed by atoms with van der Waals surface area (Å²) in [6, 6.07) is 0. The van der Waals surface area contributed by atoms with E-state index in [0.29, 0.717) is 12.3 Å². The quantitative estimate of drug-likeness (QED) is 0.756. The zero-order chi connectivity index (χ0) is 13.1. The Morgan fingerprint density at radius 2 is 2.11 bits per heavy atom. The fourth-order valence-electron chi connectivity index (χ4n) is 2.48. The third kappa shape index (κ3) is 2.33. The Balaban J connectivity index is 2.44. The maximum atomic E-state index is 12.0. The molecule has 98 valence electrons. The van der Waals surface area contributed by atoms with E-state index in [2.05, 4.69) is 11.7 Å². The number of aromatic nitrogens is 2. The molecule has 0 bridgehead atoms. The molecular formula is C14H20N2O2. The average molecular weight is 248 g/mol. The molecule has 4 heteroatoms. The Morgan fingerprint density at radius 3 is 2.83 bits per heavy atom. The first-order chi connectivity index (χ1) is 8.65. The molecule has 0 aromatic carbocycles. The van der Waals surface area contributed by atoms with Crippen LogP contribution in [0.15, 0.2) is 6.58 Å². The minimum Gasteiger partial charge on any atom is -0.461 e. The highest BCUT2D eigenvalue weighted by Crippen LogP contribution is 2.29. The second-order valence-electron chi connectivity index (χ2n) is 4.68. The largest absolute Gasteiger partial charge is 0.461 e. The summed E-state index contributed by atoms with van der Waals surface area (Å²) in [4.78, 5) is 12.0. The summed E-state index contributed by atoms with van der Waals surface area (Å²) in [6.07, 6.45) is 5.28. The van der Waals surface area contributed by atoms with Crippen LogP contribution in [-0.4, -0.2) is 22.4 Å². The van der Waals surface area contributed by atoms with Crippen LogP contribution in [0.5, 0.6) is 0 Å². The van der Waals surface area contributed by atoms with Gasteiger partial charge in [0, 0.05) is 12.6 Å². The lowest BCUT2D eigenvalue weighted by Crippen LogP contribution is -2.13. The lowest BCUT2D eigenvalue weighted by molar-refractivity contribution is 0.0512. The fourth-order valence-corrected chi connectivity index (χ4v) is 2.48. The van der Waals surface area contributed by atoms with Crippen LogP contribution in [0.3, 0.4) is 0 Å². The maximum absolute atomic E-state index is 12.0. The SMILES string of the molecule is C=C1CCCCCc2c1nn(C)c2C(=O)OCC.